The molecule has 0 aliphatic carbocycles. The minimum absolute atomic E-state index is 0. The van der Waals surface area contributed by atoms with Gasteiger partial charge in [-0.1, -0.05) is 101 Å². The van der Waals surface area contributed by atoms with Gasteiger partial charge in [0.2, 0.25) is 0 Å². The number of hydrogen-bond donors (Lipinski definition) is 1. The molecule has 0 heterocycles. The van der Waals surface area contributed by atoms with Crippen molar-refractivity contribution in [1.82, 2.24) is 0 Å². The SMILES string of the molecule is CCCCCCCCCCCCOc1ccc(/C=C\c2ccc(NC(=O)C(=O)[O-])cc2)cc1.[Na+]. The maximum Gasteiger partial charge on any atom is 1.00 e. The van der Waals surface area contributed by atoms with Gasteiger partial charge >= 0.3 is 29.6 Å². The van der Waals surface area contributed by atoms with Gasteiger partial charge < -0.3 is 20.0 Å². The second-order valence-corrected chi connectivity index (χ2v) is 8.30. The Hall–Kier alpha value is -2.08. The molecule has 2 rings (SSSR count). The number of carbonyl (C=O) groups is 2. The van der Waals surface area contributed by atoms with Gasteiger partial charge in [0.15, 0.2) is 0 Å². The van der Waals surface area contributed by atoms with Crippen LogP contribution in [0.4, 0.5) is 5.69 Å². The van der Waals surface area contributed by atoms with Crippen molar-refractivity contribution in [3.05, 3.63) is 59.7 Å². The summed E-state index contributed by atoms with van der Waals surface area (Å²) in [5, 5.41) is 12.7. The van der Waals surface area contributed by atoms with Crippen molar-refractivity contribution in [1.29, 1.82) is 0 Å². The summed E-state index contributed by atoms with van der Waals surface area (Å²) in [4.78, 5) is 21.6. The largest absolute Gasteiger partial charge is 1.00 e. The zero-order valence-corrected chi connectivity index (χ0v) is 22.7. The number of benzene rings is 2. The topological polar surface area (TPSA) is 78.5 Å². The van der Waals surface area contributed by atoms with Gasteiger partial charge in [-0.2, -0.15) is 0 Å². The molecule has 0 aromatic heterocycles. The van der Waals surface area contributed by atoms with E-state index in [2.05, 4.69) is 12.2 Å². The third kappa shape index (κ3) is 13.0. The predicted octanol–water partition coefficient (Wildman–Crippen LogP) is 2.85. The molecule has 0 saturated carbocycles. The number of ether oxygens (including phenoxy) is 1. The molecular weight excluding hydrogens is 437 g/mol. The van der Waals surface area contributed by atoms with Gasteiger partial charge in [0.25, 0.3) is 5.91 Å². The van der Waals surface area contributed by atoms with Crippen LogP contribution in [0.25, 0.3) is 12.2 Å². The number of carbonyl (C=O) groups excluding carboxylic acids is 2. The second kappa shape index (κ2) is 18.3. The van der Waals surface area contributed by atoms with E-state index in [1.807, 2.05) is 36.4 Å². The molecule has 0 radical (unpaired) electrons. The Morgan fingerprint density at radius 2 is 1.24 bits per heavy atom. The summed E-state index contributed by atoms with van der Waals surface area (Å²) in [7, 11) is 0. The first kappa shape index (κ1) is 30.0. The molecule has 34 heavy (non-hydrogen) atoms. The molecule has 6 heteroatoms. The van der Waals surface area contributed by atoms with Crippen molar-refractivity contribution >= 4 is 29.7 Å². The molecule has 0 atom stereocenters. The molecular formula is C28H36NNaO4. The monoisotopic (exact) mass is 473 g/mol. The van der Waals surface area contributed by atoms with E-state index in [0.717, 1.165) is 29.9 Å². The summed E-state index contributed by atoms with van der Waals surface area (Å²) in [5.74, 6) is -2.03. The number of anilines is 1. The molecule has 0 spiro atoms. The zero-order valence-electron chi connectivity index (χ0n) is 20.7. The molecule has 178 valence electrons. The number of nitrogens with one attached hydrogen (secondary N) is 1. The van der Waals surface area contributed by atoms with Crippen LogP contribution in [0.1, 0.15) is 82.3 Å². The maximum atomic E-state index is 11.1. The fourth-order valence-electron chi connectivity index (χ4n) is 3.51. The number of aliphatic carboxylic acids is 1. The summed E-state index contributed by atoms with van der Waals surface area (Å²) in [6, 6.07) is 14.9. The van der Waals surface area contributed by atoms with E-state index < -0.39 is 11.9 Å². The number of unbranched alkanes of at least 4 members (excludes halogenated alkanes) is 9. The van der Waals surface area contributed by atoms with Crippen LogP contribution in [-0.2, 0) is 9.59 Å². The average Bonchev–Trinajstić information content (AvgIpc) is 2.82. The first-order valence-corrected chi connectivity index (χ1v) is 12.1. The van der Waals surface area contributed by atoms with E-state index in [1.54, 1.807) is 24.3 Å². The van der Waals surface area contributed by atoms with Crippen molar-refractivity contribution in [2.75, 3.05) is 11.9 Å². The maximum absolute atomic E-state index is 11.1. The molecule has 5 nitrogen and oxygen atoms in total. The number of carboxylic acid groups (broad SMARTS) is 1. The second-order valence-electron chi connectivity index (χ2n) is 8.30. The van der Waals surface area contributed by atoms with Gasteiger partial charge in [-0.25, -0.2) is 0 Å². The van der Waals surface area contributed by atoms with Gasteiger partial charge in [-0.05, 0) is 41.8 Å². The standard InChI is InChI=1S/C28H37NO4.Na/c1-2-3-4-5-6-7-8-9-10-11-22-33-26-20-16-24(17-21-26)13-12-23-14-18-25(19-15-23)29-27(30)28(31)32;/h12-21H,2-11,22H2,1H3,(H,29,30)(H,31,32);/q;+1/p-1/b13-12-;. The fourth-order valence-corrected chi connectivity index (χ4v) is 3.51. The smallest absolute Gasteiger partial charge is 0.540 e. The quantitative estimate of drug-likeness (QED) is 0.187. The molecule has 0 unspecified atom stereocenters. The predicted molar refractivity (Wildman–Crippen MR) is 133 cm³/mol. The van der Waals surface area contributed by atoms with E-state index in [4.69, 9.17) is 4.74 Å². The van der Waals surface area contributed by atoms with Gasteiger partial charge in [-0.15, -0.1) is 0 Å². The van der Waals surface area contributed by atoms with Gasteiger partial charge in [0.05, 0.1) is 6.61 Å². The van der Waals surface area contributed by atoms with Gasteiger partial charge in [-0.3, -0.25) is 4.79 Å². The van der Waals surface area contributed by atoms with Crippen molar-refractivity contribution < 1.29 is 49.0 Å². The van der Waals surface area contributed by atoms with E-state index >= 15 is 0 Å². The Kier molecular flexibility index (Phi) is 16.1. The number of rotatable bonds is 15. The van der Waals surface area contributed by atoms with Crippen LogP contribution in [-0.4, -0.2) is 18.5 Å². The number of carboxylic acids is 1. The number of hydrogen-bond acceptors (Lipinski definition) is 4. The average molecular weight is 474 g/mol. The Labute approximate surface area is 226 Å². The Morgan fingerprint density at radius 1 is 0.765 bits per heavy atom. The van der Waals surface area contributed by atoms with Crippen LogP contribution in [0.2, 0.25) is 0 Å². The minimum Gasteiger partial charge on any atom is -0.540 e. The van der Waals surface area contributed by atoms with Gasteiger partial charge in [0, 0.05) is 5.69 Å². The molecule has 0 saturated heterocycles. The molecule has 0 bridgehead atoms. The van der Waals surface area contributed by atoms with Crippen molar-refractivity contribution in [2.24, 2.45) is 0 Å². The normalized spacial score (nSPS) is 10.6. The molecule has 0 aliphatic heterocycles. The summed E-state index contributed by atoms with van der Waals surface area (Å²) < 4.78 is 5.85. The molecule has 2 aromatic rings. The summed E-state index contributed by atoms with van der Waals surface area (Å²) >= 11 is 0. The van der Waals surface area contributed by atoms with E-state index in [0.29, 0.717) is 5.69 Å². The molecule has 0 aliphatic rings. The van der Waals surface area contributed by atoms with Crippen LogP contribution >= 0.6 is 0 Å². The minimum atomic E-state index is -1.75. The molecule has 2 aromatic carbocycles. The van der Waals surface area contributed by atoms with Crippen molar-refractivity contribution in [3.63, 3.8) is 0 Å². The van der Waals surface area contributed by atoms with Crippen LogP contribution in [0.3, 0.4) is 0 Å². The van der Waals surface area contributed by atoms with E-state index in [1.165, 1.54) is 57.8 Å². The van der Waals surface area contributed by atoms with Crippen molar-refractivity contribution in [3.8, 4) is 5.75 Å². The summed E-state index contributed by atoms with van der Waals surface area (Å²) in [5.41, 5.74) is 2.39. The fraction of sp³-hybridized carbons (Fsp3) is 0.429. The molecule has 0 fully saturated rings. The molecule has 1 N–H and O–H groups in total. The molecule has 1 amide bonds. The third-order valence-corrected chi connectivity index (χ3v) is 5.47. The Balaban J connectivity index is 0.00000578. The summed E-state index contributed by atoms with van der Waals surface area (Å²) in [6.45, 7) is 3.01. The Morgan fingerprint density at radius 3 is 1.74 bits per heavy atom. The number of amides is 1. The van der Waals surface area contributed by atoms with Crippen LogP contribution in [0.5, 0.6) is 5.75 Å². The Bertz CT molecular complexity index is 863. The first-order valence-electron chi connectivity index (χ1n) is 12.1. The van der Waals surface area contributed by atoms with Crippen LogP contribution in [0.15, 0.2) is 48.5 Å². The summed E-state index contributed by atoms with van der Waals surface area (Å²) in [6.07, 6.45) is 17.1. The van der Waals surface area contributed by atoms with E-state index in [-0.39, 0.29) is 29.6 Å². The first-order chi connectivity index (χ1) is 16.1. The van der Waals surface area contributed by atoms with Crippen LogP contribution in [0, 0.1) is 0 Å². The zero-order chi connectivity index (χ0) is 23.7. The van der Waals surface area contributed by atoms with Crippen LogP contribution < -0.4 is 44.7 Å². The van der Waals surface area contributed by atoms with Gasteiger partial charge in [0.1, 0.15) is 11.7 Å². The van der Waals surface area contributed by atoms with E-state index in [9.17, 15) is 14.7 Å². The van der Waals surface area contributed by atoms with Crippen molar-refractivity contribution in [2.45, 2.75) is 71.1 Å². The third-order valence-electron chi connectivity index (χ3n) is 5.47.